The van der Waals surface area contributed by atoms with Crippen LogP contribution in [0.1, 0.15) is 36.6 Å². The second-order valence-electron chi connectivity index (χ2n) is 12.3. The Hall–Kier alpha value is -5.46. The van der Waals surface area contributed by atoms with Crippen molar-refractivity contribution < 1.29 is 18.4 Å². The van der Waals surface area contributed by atoms with Crippen molar-refractivity contribution in [2.24, 2.45) is 0 Å². The molecule has 3 aromatic heterocycles. The second-order valence-corrected chi connectivity index (χ2v) is 12.3. The molecular weight excluding hydrogens is 606 g/mol. The lowest BCUT2D eigenvalue weighted by molar-refractivity contribution is -0.128. The Bertz CT molecular complexity index is 2240. The first-order valence-corrected chi connectivity index (χ1v) is 15.3. The number of benzene rings is 2. The molecule has 47 heavy (non-hydrogen) atoms. The van der Waals surface area contributed by atoms with Crippen molar-refractivity contribution in [3.63, 3.8) is 0 Å². The summed E-state index contributed by atoms with van der Waals surface area (Å²) in [5, 5.41) is 7.40. The summed E-state index contributed by atoms with van der Waals surface area (Å²) in [7, 11) is 1.42. The minimum atomic E-state index is -1.02. The average Bonchev–Trinajstić information content (AvgIpc) is 3.51. The maximum absolute atomic E-state index is 17.7. The Kier molecular flexibility index (Phi) is 6.95. The highest BCUT2D eigenvalue weighted by Crippen LogP contribution is 2.47. The number of piperazine rings is 1. The quantitative estimate of drug-likeness (QED) is 0.288. The van der Waals surface area contributed by atoms with Gasteiger partial charge in [0.1, 0.15) is 17.4 Å². The zero-order valence-electron chi connectivity index (χ0n) is 26.6. The Balaban J connectivity index is 1.68. The zero-order chi connectivity index (χ0) is 33.5. The number of fused-ring (bicyclic) bond motifs is 3. The molecule has 1 N–H and O–H groups in total. The molecule has 0 bridgehead atoms. The minimum absolute atomic E-state index is 0.0276. The molecular formula is C34H32F2N8O3. The summed E-state index contributed by atoms with van der Waals surface area (Å²) in [5.74, 6) is -3.08. The molecule has 1 fully saturated rings. The van der Waals surface area contributed by atoms with Crippen LogP contribution in [0, 0.1) is 25.5 Å². The molecule has 7 rings (SSSR count). The summed E-state index contributed by atoms with van der Waals surface area (Å²) >= 11 is 0. The topological polar surface area (TPSA) is 120 Å². The molecule has 2 aromatic carbocycles. The van der Waals surface area contributed by atoms with E-state index in [9.17, 15) is 14.4 Å². The van der Waals surface area contributed by atoms with Gasteiger partial charge in [0.05, 0.1) is 46.3 Å². The molecule has 1 unspecified atom stereocenters. The molecule has 1 atom stereocenters. The van der Waals surface area contributed by atoms with Crippen LogP contribution in [-0.4, -0.2) is 74.2 Å². The Morgan fingerprint density at radius 1 is 1.06 bits per heavy atom. The fourth-order valence-corrected chi connectivity index (χ4v) is 6.98. The van der Waals surface area contributed by atoms with Gasteiger partial charge in [0.15, 0.2) is 11.6 Å². The SMILES string of the molecule is C=CC(=O)N1CCN2c3nc(=O)n(-c4c(C)ccnc4C(C)C)c4c(F)c(-c5c(C)ccc6[nH]ncc56)c(F)c(c34)N(C)C(=O)C2C1. The molecule has 2 aliphatic heterocycles. The molecule has 2 aliphatic rings. The first-order chi connectivity index (χ1) is 22.5. The maximum atomic E-state index is 17.7. The highest BCUT2D eigenvalue weighted by molar-refractivity contribution is 6.15. The first kappa shape index (κ1) is 30.2. The number of aryl methyl sites for hydroxylation is 2. The highest BCUT2D eigenvalue weighted by atomic mass is 19.1. The van der Waals surface area contributed by atoms with E-state index in [-0.39, 0.29) is 59.4 Å². The van der Waals surface area contributed by atoms with Crippen molar-refractivity contribution in [3.8, 4) is 16.8 Å². The molecule has 240 valence electrons. The number of aromatic nitrogens is 5. The third-order valence-corrected chi connectivity index (χ3v) is 9.27. The van der Waals surface area contributed by atoms with Crippen LogP contribution in [0.3, 0.4) is 0 Å². The maximum Gasteiger partial charge on any atom is 0.354 e. The average molecular weight is 639 g/mol. The van der Waals surface area contributed by atoms with Gasteiger partial charge in [-0.25, -0.2) is 13.6 Å². The lowest BCUT2D eigenvalue weighted by Gasteiger charge is -2.40. The number of hydrogen-bond acceptors (Lipinski definition) is 7. The number of nitrogens with zero attached hydrogens (tertiary/aromatic N) is 7. The molecule has 0 saturated carbocycles. The minimum Gasteiger partial charge on any atom is -0.340 e. The molecule has 0 aliphatic carbocycles. The summed E-state index contributed by atoms with van der Waals surface area (Å²) < 4.78 is 36.2. The van der Waals surface area contributed by atoms with Gasteiger partial charge < -0.3 is 14.7 Å². The number of nitrogens with one attached hydrogen (secondary N) is 1. The molecule has 5 heterocycles. The van der Waals surface area contributed by atoms with Gasteiger partial charge in [0, 0.05) is 37.3 Å². The number of pyridine rings is 1. The lowest BCUT2D eigenvalue weighted by Crippen LogP contribution is -2.60. The Morgan fingerprint density at radius 3 is 2.55 bits per heavy atom. The molecule has 1 saturated heterocycles. The number of amides is 2. The number of carbonyl (C=O) groups excluding carboxylic acids is 2. The van der Waals surface area contributed by atoms with Crippen LogP contribution >= 0.6 is 0 Å². The number of halogens is 2. The second kappa shape index (κ2) is 10.8. The lowest BCUT2D eigenvalue weighted by atomic mass is 9.93. The number of anilines is 2. The third-order valence-electron chi connectivity index (χ3n) is 9.27. The molecule has 2 amide bonds. The van der Waals surface area contributed by atoms with E-state index >= 15 is 8.78 Å². The van der Waals surface area contributed by atoms with E-state index in [4.69, 9.17) is 0 Å². The van der Waals surface area contributed by atoms with E-state index in [1.165, 1.54) is 22.7 Å². The van der Waals surface area contributed by atoms with Gasteiger partial charge in [0.2, 0.25) is 5.91 Å². The van der Waals surface area contributed by atoms with Gasteiger partial charge in [-0.1, -0.05) is 26.5 Å². The van der Waals surface area contributed by atoms with Crippen LogP contribution in [0.5, 0.6) is 0 Å². The van der Waals surface area contributed by atoms with Crippen LogP contribution in [0.4, 0.5) is 20.3 Å². The third kappa shape index (κ3) is 4.29. The smallest absolute Gasteiger partial charge is 0.340 e. The molecule has 0 radical (unpaired) electrons. The van der Waals surface area contributed by atoms with Crippen molar-refractivity contribution in [1.82, 2.24) is 29.6 Å². The monoisotopic (exact) mass is 638 g/mol. The summed E-state index contributed by atoms with van der Waals surface area (Å²) in [6.45, 7) is 11.1. The Morgan fingerprint density at radius 2 is 1.83 bits per heavy atom. The highest BCUT2D eigenvalue weighted by Gasteiger charge is 2.44. The van der Waals surface area contributed by atoms with Gasteiger partial charge >= 0.3 is 5.69 Å². The predicted molar refractivity (Wildman–Crippen MR) is 175 cm³/mol. The first-order valence-electron chi connectivity index (χ1n) is 15.3. The standard InChI is InChI=1S/C34H32F2N8O3/c1-7-22(45)42-12-13-43-21(15-42)33(46)41(6)30-25-31(27(36)24(26(30)35)23-17(4)8-9-20-19(23)14-38-40-20)44(34(47)39-32(25)43)29-18(5)10-11-37-28(29)16(2)3/h7-11,14,16,21H,1,12-13,15H2,2-6H3,(H,38,40). The summed E-state index contributed by atoms with van der Waals surface area (Å²) in [6.07, 6.45) is 4.27. The molecule has 0 spiro atoms. The summed E-state index contributed by atoms with van der Waals surface area (Å²) in [6, 6.07) is 4.19. The normalized spacial score (nSPS) is 16.3. The number of hydrogen-bond donors (Lipinski definition) is 1. The van der Waals surface area contributed by atoms with Crippen LogP contribution < -0.4 is 15.5 Å². The van der Waals surface area contributed by atoms with Crippen LogP contribution in [0.2, 0.25) is 0 Å². The fourth-order valence-electron chi connectivity index (χ4n) is 6.98. The van der Waals surface area contributed by atoms with Crippen LogP contribution in [0.25, 0.3) is 38.6 Å². The van der Waals surface area contributed by atoms with E-state index in [0.717, 1.165) is 11.0 Å². The van der Waals surface area contributed by atoms with E-state index in [0.29, 0.717) is 33.4 Å². The van der Waals surface area contributed by atoms with Gasteiger partial charge in [-0.05, 0) is 49.1 Å². The largest absolute Gasteiger partial charge is 0.354 e. The van der Waals surface area contributed by atoms with Gasteiger partial charge in [0.25, 0.3) is 5.91 Å². The number of aromatic amines is 1. The van der Waals surface area contributed by atoms with Gasteiger partial charge in [-0.3, -0.25) is 24.2 Å². The number of rotatable bonds is 4. The van der Waals surface area contributed by atoms with Crippen LogP contribution in [-0.2, 0) is 9.59 Å². The van der Waals surface area contributed by atoms with Crippen molar-refractivity contribution >= 4 is 45.1 Å². The van der Waals surface area contributed by atoms with Crippen molar-refractivity contribution in [3.05, 3.63) is 82.2 Å². The number of carbonyl (C=O) groups is 2. The molecule has 5 aromatic rings. The van der Waals surface area contributed by atoms with Crippen molar-refractivity contribution in [1.29, 1.82) is 0 Å². The number of likely N-dealkylation sites (N-methyl/N-ethyl adjacent to an activating group) is 1. The number of H-pyrrole nitrogens is 1. The summed E-state index contributed by atoms with van der Waals surface area (Å²) in [5.41, 5.74) is 1.18. The van der Waals surface area contributed by atoms with E-state index in [2.05, 4.69) is 26.7 Å². The predicted octanol–water partition coefficient (Wildman–Crippen LogP) is 4.52. The molecule has 11 nitrogen and oxygen atoms in total. The zero-order valence-corrected chi connectivity index (χ0v) is 26.6. The van der Waals surface area contributed by atoms with Crippen molar-refractivity contribution in [2.75, 3.05) is 36.5 Å². The van der Waals surface area contributed by atoms with Gasteiger partial charge in [-0.15, -0.1) is 0 Å². The van der Waals surface area contributed by atoms with Crippen LogP contribution in [0.15, 0.2) is 48.0 Å². The Labute approximate surface area is 268 Å². The summed E-state index contributed by atoms with van der Waals surface area (Å²) in [4.78, 5) is 54.3. The molecule has 13 heteroatoms. The van der Waals surface area contributed by atoms with E-state index in [1.807, 2.05) is 13.8 Å². The van der Waals surface area contributed by atoms with Gasteiger partial charge in [-0.2, -0.15) is 10.1 Å². The van der Waals surface area contributed by atoms with Crippen molar-refractivity contribution in [2.45, 2.75) is 39.7 Å². The van der Waals surface area contributed by atoms with E-state index in [1.54, 1.807) is 43.1 Å². The fraction of sp³-hybridized carbons (Fsp3) is 0.294. The van der Waals surface area contributed by atoms with E-state index < -0.39 is 34.8 Å².